The van der Waals surface area contributed by atoms with E-state index in [9.17, 15) is 65.9 Å². The van der Waals surface area contributed by atoms with Gasteiger partial charge in [0.25, 0.3) is 0 Å². The molecule has 0 heterocycles. The zero-order chi connectivity index (χ0) is 52.6. The lowest BCUT2D eigenvalue weighted by Gasteiger charge is -2.56. The van der Waals surface area contributed by atoms with Crippen LogP contribution in [0.3, 0.4) is 0 Å². The van der Waals surface area contributed by atoms with Gasteiger partial charge in [0, 0.05) is 12.8 Å². The average Bonchev–Trinajstić information content (AvgIpc) is 3.22. The Bertz CT molecular complexity index is 1970. The summed E-state index contributed by atoms with van der Waals surface area (Å²) in [6, 6.07) is -1.82. The maximum atomic E-state index is 15.8. The topological polar surface area (TPSA) is 46.2 Å². The van der Waals surface area contributed by atoms with Crippen molar-refractivity contribution in [2.24, 2.45) is 0 Å². The lowest BCUT2D eigenvalue weighted by molar-refractivity contribution is -1.05. The molecule has 2 unspecified atom stereocenters. The van der Waals surface area contributed by atoms with Crippen molar-refractivity contribution in [1.82, 2.24) is 0 Å². The first-order valence-electron chi connectivity index (χ1n) is 21.7. The van der Waals surface area contributed by atoms with Gasteiger partial charge in [0.2, 0.25) is 5.72 Å². The molecule has 0 aromatic heterocycles. The van der Waals surface area contributed by atoms with Crippen LogP contribution in [0.15, 0.2) is 48.5 Å². The molecule has 3 rings (SSSR count). The molecular formula is C44H51BF18NO5+. The first-order chi connectivity index (χ1) is 31.7. The fourth-order valence-electron chi connectivity index (χ4n) is 8.23. The van der Waals surface area contributed by atoms with Gasteiger partial charge in [0.1, 0.15) is 17.2 Å². The van der Waals surface area contributed by atoms with Crippen molar-refractivity contribution in [1.29, 1.82) is 0 Å². The molecule has 0 saturated carbocycles. The van der Waals surface area contributed by atoms with Gasteiger partial charge in [-0.2, -0.15) is 79.0 Å². The molecule has 69 heavy (non-hydrogen) atoms. The summed E-state index contributed by atoms with van der Waals surface area (Å²) in [5.74, 6) is -4.83. The molecule has 0 aliphatic heterocycles. The maximum Gasteiger partial charge on any atom is 0.864 e. The van der Waals surface area contributed by atoms with Gasteiger partial charge in [-0.15, -0.1) is 0 Å². The lowest BCUT2D eigenvalue weighted by atomic mass is 9.85. The number of nitrogens with zero attached hydrogens (tertiary/aromatic N) is 1. The van der Waals surface area contributed by atoms with Crippen molar-refractivity contribution in [3.63, 3.8) is 0 Å². The third-order valence-corrected chi connectivity index (χ3v) is 11.1. The molecule has 2 atom stereocenters. The zero-order valence-corrected chi connectivity index (χ0v) is 38.1. The molecule has 3 aromatic carbocycles. The molecule has 0 aliphatic carbocycles. The number of alkyl halides is 18. The highest BCUT2D eigenvalue weighted by atomic mass is 19.4. The second-order valence-corrected chi connectivity index (χ2v) is 15.8. The minimum absolute atomic E-state index is 0.0299. The highest BCUT2D eigenvalue weighted by molar-refractivity contribution is 6.39. The average molecular weight is 1030 g/mol. The van der Waals surface area contributed by atoms with Crippen molar-refractivity contribution in [2.75, 3.05) is 26.3 Å². The number of quaternary nitrogens is 1. The van der Waals surface area contributed by atoms with E-state index in [1.54, 1.807) is 27.7 Å². The van der Waals surface area contributed by atoms with Gasteiger partial charge in [-0.3, -0.25) is 4.48 Å². The normalized spacial score (nSPS) is 14.7. The molecule has 0 fully saturated rings. The van der Waals surface area contributed by atoms with Gasteiger partial charge in [-0.05, 0) is 88.1 Å². The number of halogens is 18. The summed E-state index contributed by atoms with van der Waals surface area (Å²) in [5.41, 5.74) is -16.5. The van der Waals surface area contributed by atoms with E-state index in [0.717, 1.165) is 0 Å². The van der Waals surface area contributed by atoms with E-state index in [1.807, 2.05) is 0 Å². The van der Waals surface area contributed by atoms with Crippen molar-refractivity contribution < 1.29 is 107 Å². The van der Waals surface area contributed by atoms with Crippen LogP contribution in [-0.2, 0) is 52.3 Å². The van der Waals surface area contributed by atoms with Gasteiger partial charge < -0.3 is 23.4 Å². The Kier molecular flexibility index (Phi) is 19.6. The van der Waals surface area contributed by atoms with Crippen LogP contribution < -0.4 is 14.0 Å². The van der Waals surface area contributed by atoms with Crippen LogP contribution in [0.25, 0.3) is 0 Å². The number of unbranched alkanes of at least 4 members (excludes halogenated alkanes) is 4. The van der Waals surface area contributed by atoms with Gasteiger partial charge in [0.05, 0.1) is 65.2 Å². The number of rotatable bonds is 23. The molecule has 0 saturated heterocycles. The monoisotopic (exact) mass is 1030 g/mol. The minimum atomic E-state index is -5.80. The SMILES string of the molecule is CCCCC[N+](CCCCC)(C(CC)OCC)C(CC)(OCC)c1c(OB(Oc2cc(C(F)(F)F)cc(C(F)(F)F)c2)Oc2cc(C(F)(F)F)cc(C(F)(F)F)c2)cc(C(F)(F)F)cc1C(F)(F)F. The summed E-state index contributed by atoms with van der Waals surface area (Å²) in [6.07, 6.45) is -33.2. The van der Waals surface area contributed by atoms with Crippen LogP contribution in [0.2, 0.25) is 0 Å². The fraction of sp³-hybridized carbons (Fsp3) is 0.591. The maximum absolute atomic E-state index is 15.8. The minimum Gasteiger partial charge on any atom is -0.490 e. The Labute approximate surface area is 386 Å². The second-order valence-electron chi connectivity index (χ2n) is 15.8. The summed E-state index contributed by atoms with van der Waals surface area (Å²) in [4.78, 5) is 0. The third kappa shape index (κ3) is 14.7. The highest BCUT2D eigenvalue weighted by Gasteiger charge is 2.61. The molecule has 390 valence electrons. The summed E-state index contributed by atoms with van der Waals surface area (Å²) >= 11 is 0. The number of hydrogen-bond acceptors (Lipinski definition) is 5. The van der Waals surface area contributed by atoms with Crippen molar-refractivity contribution in [2.45, 2.75) is 142 Å². The Morgan fingerprint density at radius 3 is 1.16 bits per heavy atom. The summed E-state index contributed by atoms with van der Waals surface area (Å²) in [7, 11) is -3.38. The molecule has 0 spiro atoms. The van der Waals surface area contributed by atoms with Crippen LogP contribution in [0, 0.1) is 0 Å². The largest absolute Gasteiger partial charge is 0.864 e. The zero-order valence-electron chi connectivity index (χ0n) is 38.1. The van der Waals surface area contributed by atoms with Crippen molar-refractivity contribution >= 4 is 7.32 Å². The van der Waals surface area contributed by atoms with Gasteiger partial charge >= 0.3 is 44.4 Å². The van der Waals surface area contributed by atoms with E-state index >= 15 is 13.2 Å². The van der Waals surface area contributed by atoms with Gasteiger partial charge in [-0.25, -0.2) is 0 Å². The first kappa shape index (κ1) is 59.1. The van der Waals surface area contributed by atoms with Crippen LogP contribution in [0.5, 0.6) is 17.2 Å². The number of benzene rings is 3. The van der Waals surface area contributed by atoms with E-state index in [2.05, 4.69) is 0 Å². The summed E-state index contributed by atoms with van der Waals surface area (Å²) in [5, 5.41) is 0. The summed E-state index contributed by atoms with van der Waals surface area (Å²) in [6.45, 7) is 8.70. The lowest BCUT2D eigenvalue weighted by Crippen LogP contribution is -2.70. The fourth-order valence-corrected chi connectivity index (χ4v) is 8.23. The van der Waals surface area contributed by atoms with Crippen molar-refractivity contribution in [3.05, 3.63) is 87.5 Å². The standard InChI is InChI=1S/C44H51BF18NO5/c1-7-13-15-17-64(18-16-14-8-2,36(9-3)65-11-5)38(10-4,66-12-6)37-34(44(61,62)63)25-31(43(58,59)60)26-35(37)69-45(67-32-21-27(39(46,47)48)19-28(22-32)40(49,50)51)68-33-23-29(41(52,53)54)20-30(24-33)42(55,56)57/h19-26,36H,7-18H2,1-6H3/q+1. The molecule has 6 nitrogen and oxygen atoms in total. The number of hydrogen-bond donors (Lipinski definition) is 0. The highest BCUT2D eigenvalue weighted by Crippen LogP contribution is 2.54. The Morgan fingerprint density at radius 1 is 0.464 bits per heavy atom. The molecular weight excluding hydrogens is 975 g/mol. The third-order valence-electron chi connectivity index (χ3n) is 11.1. The molecule has 25 heteroatoms. The predicted molar refractivity (Wildman–Crippen MR) is 215 cm³/mol. The first-order valence-corrected chi connectivity index (χ1v) is 21.7. The second kappa shape index (κ2) is 22.9. The van der Waals surface area contributed by atoms with Crippen LogP contribution in [0.1, 0.15) is 132 Å². The van der Waals surface area contributed by atoms with Gasteiger partial charge in [-0.1, -0.05) is 40.5 Å². The van der Waals surface area contributed by atoms with E-state index in [1.165, 1.54) is 13.8 Å². The van der Waals surface area contributed by atoms with Crippen LogP contribution in [-0.4, -0.2) is 44.3 Å². The van der Waals surface area contributed by atoms with Crippen molar-refractivity contribution in [3.8, 4) is 17.2 Å². The smallest absolute Gasteiger partial charge is 0.490 e. The van der Waals surface area contributed by atoms with Crippen LogP contribution >= 0.6 is 0 Å². The Morgan fingerprint density at radius 2 is 0.855 bits per heavy atom. The van der Waals surface area contributed by atoms with E-state index < -0.39 is 142 Å². The van der Waals surface area contributed by atoms with Gasteiger partial charge in [0.15, 0.2) is 6.23 Å². The quantitative estimate of drug-likeness (QED) is 0.0311. The predicted octanol–water partition coefficient (Wildman–Crippen LogP) is 15.9. The molecule has 0 amide bonds. The summed E-state index contributed by atoms with van der Waals surface area (Å²) < 4.78 is 288. The molecule has 0 bridgehead atoms. The van der Waals surface area contributed by atoms with E-state index in [-0.39, 0.29) is 75.4 Å². The number of ether oxygens (including phenoxy) is 2. The van der Waals surface area contributed by atoms with E-state index in [0.29, 0.717) is 25.7 Å². The Hall–Kier alpha value is -4.26. The Balaban J connectivity index is 2.74. The molecule has 3 aromatic rings. The molecule has 0 radical (unpaired) electrons. The molecule has 0 N–H and O–H groups in total. The van der Waals surface area contributed by atoms with E-state index in [4.69, 9.17) is 23.4 Å². The van der Waals surface area contributed by atoms with Crippen LogP contribution in [0.4, 0.5) is 79.0 Å². The molecule has 0 aliphatic rings.